The lowest BCUT2D eigenvalue weighted by Crippen LogP contribution is -1.94. The molecular formula is C10H11N3. The van der Waals surface area contributed by atoms with Crippen molar-refractivity contribution in [3.05, 3.63) is 30.0 Å². The molecule has 3 heteroatoms. The second-order valence-corrected chi connectivity index (χ2v) is 3.09. The van der Waals surface area contributed by atoms with Gasteiger partial charge in [-0.3, -0.25) is 4.98 Å². The van der Waals surface area contributed by atoms with Gasteiger partial charge in [0, 0.05) is 16.8 Å². The number of hydrogen-bond donors (Lipinski definition) is 2. The van der Waals surface area contributed by atoms with Crippen LogP contribution in [-0.2, 0) is 0 Å². The Morgan fingerprint density at radius 3 is 2.46 bits per heavy atom. The summed E-state index contributed by atoms with van der Waals surface area (Å²) < 4.78 is 0. The molecule has 1 heterocycles. The Hall–Kier alpha value is -1.77. The van der Waals surface area contributed by atoms with Crippen LogP contribution in [0.1, 0.15) is 5.69 Å². The highest BCUT2D eigenvalue weighted by Crippen LogP contribution is 2.24. The molecule has 0 aliphatic heterocycles. The van der Waals surface area contributed by atoms with Crippen LogP contribution in [0, 0.1) is 6.92 Å². The predicted octanol–water partition coefficient (Wildman–Crippen LogP) is 1.71. The van der Waals surface area contributed by atoms with Gasteiger partial charge in [0.05, 0.1) is 11.2 Å². The minimum Gasteiger partial charge on any atom is -0.398 e. The molecule has 2 aromatic rings. The molecule has 4 N–H and O–H groups in total. The molecule has 0 atom stereocenters. The highest BCUT2D eigenvalue weighted by Gasteiger charge is 2.02. The van der Waals surface area contributed by atoms with Gasteiger partial charge >= 0.3 is 0 Å². The highest BCUT2D eigenvalue weighted by molar-refractivity contribution is 5.97. The number of nitrogens with zero attached hydrogens (tertiary/aromatic N) is 1. The minimum absolute atomic E-state index is 0.674. The van der Waals surface area contributed by atoms with Crippen molar-refractivity contribution in [1.29, 1.82) is 0 Å². The molecule has 0 fully saturated rings. The number of aryl methyl sites for hydroxylation is 1. The van der Waals surface area contributed by atoms with Crippen LogP contribution in [0.5, 0.6) is 0 Å². The predicted molar refractivity (Wildman–Crippen MR) is 55.3 cm³/mol. The Kier molecular flexibility index (Phi) is 1.59. The van der Waals surface area contributed by atoms with Crippen molar-refractivity contribution in [2.24, 2.45) is 0 Å². The van der Waals surface area contributed by atoms with Gasteiger partial charge in [-0.2, -0.15) is 0 Å². The maximum Gasteiger partial charge on any atom is 0.0954 e. The van der Waals surface area contributed by atoms with Gasteiger partial charge in [-0.1, -0.05) is 0 Å². The van der Waals surface area contributed by atoms with Gasteiger partial charge in [0.25, 0.3) is 0 Å². The zero-order chi connectivity index (χ0) is 9.42. The van der Waals surface area contributed by atoms with Crippen molar-refractivity contribution < 1.29 is 0 Å². The maximum absolute atomic E-state index is 5.78. The van der Waals surface area contributed by atoms with Crippen LogP contribution < -0.4 is 11.5 Å². The molecule has 66 valence electrons. The number of anilines is 2. The maximum atomic E-state index is 5.78. The topological polar surface area (TPSA) is 64.9 Å². The average molecular weight is 173 g/mol. The van der Waals surface area contributed by atoms with Crippen LogP contribution in [-0.4, -0.2) is 4.98 Å². The van der Waals surface area contributed by atoms with Crippen molar-refractivity contribution in [2.75, 3.05) is 11.5 Å². The molecule has 0 saturated carbocycles. The quantitative estimate of drug-likeness (QED) is 0.596. The second kappa shape index (κ2) is 2.62. The van der Waals surface area contributed by atoms with Gasteiger partial charge in [-0.25, -0.2) is 0 Å². The van der Waals surface area contributed by atoms with E-state index < -0.39 is 0 Å². The van der Waals surface area contributed by atoms with Crippen molar-refractivity contribution in [3.8, 4) is 0 Å². The Morgan fingerprint density at radius 2 is 1.69 bits per heavy atom. The van der Waals surface area contributed by atoms with Gasteiger partial charge in [0.1, 0.15) is 0 Å². The molecule has 0 bridgehead atoms. The smallest absolute Gasteiger partial charge is 0.0954 e. The molecule has 0 saturated heterocycles. The van der Waals surface area contributed by atoms with Crippen molar-refractivity contribution in [3.63, 3.8) is 0 Å². The summed E-state index contributed by atoms with van der Waals surface area (Å²) in [5.74, 6) is 0. The number of rotatable bonds is 0. The van der Waals surface area contributed by atoms with Crippen molar-refractivity contribution in [2.45, 2.75) is 6.92 Å². The average Bonchev–Trinajstić information content (AvgIpc) is 2.12. The second-order valence-electron chi connectivity index (χ2n) is 3.09. The zero-order valence-electron chi connectivity index (χ0n) is 7.41. The van der Waals surface area contributed by atoms with E-state index in [0.29, 0.717) is 5.69 Å². The summed E-state index contributed by atoms with van der Waals surface area (Å²) in [7, 11) is 0. The van der Waals surface area contributed by atoms with Crippen LogP contribution in [0.3, 0.4) is 0 Å². The summed E-state index contributed by atoms with van der Waals surface area (Å²) in [6, 6.07) is 7.46. The molecular weight excluding hydrogens is 162 g/mol. The van der Waals surface area contributed by atoms with Crippen LogP contribution >= 0.6 is 0 Å². The van der Waals surface area contributed by atoms with E-state index in [1.807, 2.05) is 19.1 Å². The summed E-state index contributed by atoms with van der Waals surface area (Å²) in [6.07, 6.45) is 0. The fourth-order valence-electron chi connectivity index (χ4n) is 1.36. The molecule has 0 radical (unpaired) electrons. The lowest BCUT2D eigenvalue weighted by Gasteiger charge is -2.04. The minimum atomic E-state index is 0.674. The molecule has 1 aromatic carbocycles. The molecule has 0 aliphatic rings. The third-order valence-electron chi connectivity index (χ3n) is 2.06. The first-order valence-corrected chi connectivity index (χ1v) is 4.10. The zero-order valence-corrected chi connectivity index (χ0v) is 7.41. The Bertz CT molecular complexity index is 463. The summed E-state index contributed by atoms with van der Waals surface area (Å²) in [5.41, 5.74) is 14.7. The van der Waals surface area contributed by atoms with E-state index in [1.54, 1.807) is 12.1 Å². The molecule has 0 amide bonds. The number of nitrogen functional groups attached to an aromatic ring is 2. The van der Waals surface area contributed by atoms with Crippen molar-refractivity contribution in [1.82, 2.24) is 4.98 Å². The van der Waals surface area contributed by atoms with Crippen molar-refractivity contribution >= 4 is 22.3 Å². The Labute approximate surface area is 76.4 Å². The number of hydrogen-bond acceptors (Lipinski definition) is 3. The molecule has 0 unspecified atom stereocenters. The number of nitrogens with two attached hydrogens (primary N) is 2. The van der Waals surface area contributed by atoms with Crippen LogP contribution in [0.4, 0.5) is 11.4 Å². The lowest BCUT2D eigenvalue weighted by atomic mass is 10.1. The SMILES string of the molecule is Cc1ccc2c(N)ccc(N)c2n1. The summed E-state index contributed by atoms with van der Waals surface area (Å²) in [4.78, 5) is 4.33. The van der Waals surface area contributed by atoms with Crippen LogP contribution in [0.2, 0.25) is 0 Å². The third kappa shape index (κ3) is 1.18. The summed E-state index contributed by atoms with van der Waals surface area (Å²) >= 11 is 0. The van der Waals surface area contributed by atoms with E-state index in [1.165, 1.54) is 0 Å². The molecule has 0 spiro atoms. The van der Waals surface area contributed by atoms with E-state index in [9.17, 15) is 0 Å². The van der Waals surface area contributed by atoms with Crippen LogP contribution in [0.15, 0.2) is 24.3 Å². The number of benzene rings is 1. The fourth-order valence-corrected chi connectivity index (χ4v) is 1.36. The largest absolute Gasteiger partial charge is 0.398 e. The van der Waals surface area contributed by atoms with E-state index >= 15 is 0 Å². The molecule has 2 rings (SSSR count). The molecule has 3 nitrogen and oxygen atoms in total. The normalized spacial score (nSPS) is 10.5. The first kappa shape index (κ1) is 7.86. The Balaban J connectivity index is 2.92. The van der Waals surface area contributed by atoms with E-state index in [2.05, 4.69) is 4.98 Å². The van der Waals surface area contributed by atoms with Gasteiger partial charge in [0.2, 0.25) is 0 Å². The Morgan fingerprint density at radius 1 is 1.00 bits per heavy atom. The first-order valence-electron chi connectivity index (χ1n) is 4.10. The standard InChI is InChI=1S/C10H11N3/c1-6-2-3-7-8(11)4-5-9(12)10(7)13-6/h2-5H,11-12H2,1H3. The van der Waals surface area contributed by atoms with E-state index in [0.717, 1.165) is 22.3 Å². The van der Waals surface area contributed by atoms with E-state index in [-0.39, 0.29) is 0 Å². The number of fused-ring (bicyclic) bond motifs is 1. The monoisotopic (exact) mass is 173 g/mol. The summed E-state index contributed by atoms with van der Waals surface area (Å²) in [6.45, 7) is 1.93. The highest BCUT2D eigenvalue weighted by atomic mass is 14.7. The molecule has 0 aliphatic carbocycles. The van der Waals surface area contributed by atoms with E-state index in [4.69, 9.17) is 11.5 Å². The van der Waals surface area contributed by atoms with Gasteiger partial charge in [0.15, 0.2) is 0 Å². The van der Waals surface area contributed by atoms with Gasteiger partial charge in [-0.05, 0) is 31.2 Å². The van der Waals surface area contributed by atoms with Crippen LogP contribution in [0.25, 0.3) is 10.9 Å². The van der Waals surface area contributed by atoms with Gasteiger partial charge in [-0.15, -0.1) is 0 Å². The number of pyridine rings is 1. The molecule has 1 aromatic heterocycles. The fraction of sp³-hybridized carbons (Fsp3) is 0.100. The molecule has 13 heavy (non-hydrogen) atoms. The summed E-state index contributed by atoms with van der Waals surface area (Å²) in [5, 5.41) is 0.922. The lowest BCUT2D eigenvalue weighted by molar-refractivity contribution is 1.26. The van der Waals surface area contributed by atoms with Gasteiger partial charge < -0.3 is 11.5 Å². The third-order valence-corrected chi connectivity index (χ3v) is 2.06. The number of aromatic nitrogens is 1. The first-order chi connectivity index (χ1) is 6.18.